The Balaban J connectivity index is 2.01. The number of aromatic nitrogens is 5. The lowest BCUT2D eigenvalue weighted by Crippen LogP contribution is -2.18. The predicted molar refractivity (Wildman–Crippen MR) is 78.8 cm³/mol. The Bertz CT molecular complexity index is 793. The van der Waals surface area contributed by atoms with Crippen molar-refractivity contribution in [1.29, 1.82) is 0 Å². The summed E-state index contributed by atoms with van der Waals surface area (Å²) >= 11 is 0. The van der Waals surface area contributed by atoms with Gasteiger partial charge in [0.15, 0.2) is 0 Å². The molecule has 0 aliphatic heterocycles. The zero-order valence-electron chi connectivity index (χ0n) is 11.9. The summed E-state index contributed by atoms with van der Waals surface area (Å²) in [5, 5.41) is 7.96. The average molecular weight is 281 g/mol. The number of aryl methyl sites for hydroxylation is 2. The van der Waals surface area contributed by atoms with Crippen LogP contribution in [0, 0.1) is 6.92 Å². The zero-order valence-corrected chi connectivity index (χ0v) is 11.9. The Morgan fingerprint density at radius 1 is 1.29 bits per heavy atom. The van der Waals surface area contributed by atoms with Gasteiger partial charge in [-0.1, -0.05) is 0 Å². The molecule has 0 fully saturated rings. The van der Waals surface area contributed by atoms with Gasteiger partial charge in [-0.2, -0.15) is 10.2 Å². The lowest BCUT2D eigenvalue weighted by molar-refractivity contribution is 0.756. The normalized spacial score (nSPS) is 10.8. The lowest BCUT2D eigenvalue weighted by atomic mass is 10.2. The first-order chi connectivity index (χ1) is 10.1. The minimum Gasteiger partial charge on any atom is -0.325 e. The Morgan fingerprint density at radius 2 is 2.14 bits per heavy atom. The Labute approximate surface area is 121 Å². The molecule has 21 heavy (non-hydrogen) atoms. The van der Waals surface area contributed by atoms with Gasteiger partial charge in [0.2, 0.25) is 0 Å². The van der Waals surface area contributed by atoms with E-state index >= 15 is 0 Å². The smallest absolute Gasteiger partial charge is 0.253 e. The maximum Gasteiger partial charge on any atom is 0.253 e. The van der Waals surface area contributed by atoms with Crippen LogP contribution in [0.15, 0.2) is 47.8 Å². The third-order valence-electron chi connectivity index (χ3n) is 3.30. The minimum absolute atomic E-state index is 0.00535. The van der Waals surface area contributed by atoms with Crippen LogP contribution in [-0.2, 0) is 13.6 Å². The highest BCUT2D eigenvalue weighted by Crippen LogP contribution is 2.17. The van der Waals surface area contributed by atoms with Crippen molar-refractivity contribution in [3.63, 3.8) is 0 Å². The van der Waals surface area contributed by atoms with Gasteiger partial charge in [-0.3, -0.25) is 4.79 Å². The summed E-state index contributed by atoms with van der Waals surface area (Å²) < 4.78 is 3.56. The van der Waals surface area contributed by atoms with Crippen LogP contribution in [0.5, 0.6) is 0 Å². The molecule has 0 radical (unpaired) electrons. The van der Waals surface area contributed by atoms with Crippen molar-refractivity contribution < 1.29 is 0 Å². The molecule has 0 aliphatic rings. The van der Waals surface area contributed by atoms with Gasteiger partial charge in [0, 0.05) is 43.0 Å². The summed E-state index contributed by atoms with van der Waals surface area (Å²) in [6.07, 6.45) is 7.08. The summed E-state index contributed by atoms with van der Waals surface area (Å²) in [7, 11) is 1.74. The molecule has 3 heterocycles. The number of hydrogen-bond donors (Lipinski definition) is 0. The molecule has 3 aromatic rings. The van der Waals surface area contributed by atoms with Gasteiger partial charge in [-0.25, -0.2) is 4.98 Å². The van der Waals surface area contributed by atoms with Crippen LogP contribution in [0.4, 0.5) is 0 Å². The van der Waals surface area contributed by atoms with E-state index in [9.17, 15) is 4.79 Å². The monoisotopic (exact) mass is 281 g/mol. The molecule has 0 amide bonds. The maximum absolute atomic E-state index is 11.8. The molecule has 6 nitrogen and oxygen atoms in total. The molecule has 0 aromatic carbocycles. The van der Waals surface area contributed by atoms with Crippen LogP contribution in [0.1, 0.15) is 11.3 Å². The van der Waals surface area contributed by atoms with E-state index < -0.39 is 0 Å². The Hall–Kier alpha value is -2.76. The van der Waals surface area contributed by atoms with Crippen molar-refractivity contribution in [3.05, 3.63) is 64.6 Å². The molecule has 0 spiro atoms. The van der Waals surface area contributed by atoms with Crippen molar-refractivity contribution in [2.45, 2.75) is 13.5 Å². The summed E-state index contributed by atoms with van der Waals surface area (Å²) in [6.45, 7) is 2.40. The molecule has 0 saturated heterocycles. The van der Waals surface area contributed by atoms with Gasteiger partial charge in [0.1, 0.15) is 5.82 Å². The zero-order chi connectivity index (χ0) is 14.8. The van der Waals surface area contributed by atoms with Crippen molar-refractivity contribution in [1.82, 2.24) is 24.3 Å². The Kier molecular flexibility index (Phi) is 3.35. The van der Waals surface area contributed by atoms with Crippen LogP contribution >= 0.6 is 0 Å². The molecule has 6 heteroatoms. The van der Waals surface area contributed by atoms with Gasteiger partial charge >= 0.3 is 0 Å². The lowest BCUT2D eigenvalue weighted by Gasteiger charge is -2.09. The third kappa shape index (κ3) is 2.60. The van der Waals surface area contributed by atoms with Crippen LogP contribution in [-0.4, -0.2) is 24.3 Å². The van der Waals surface area contributed by atoms with E-state index in [-0.39, 0.29) is 5.56 Å². The van der Waals surface area contributed by atoms with Gasteiger partial charge in [0.25, 0.3) is 5.56 Å². The molecule has 0 atom stereocenters. The highest BCUT2D eigenvalue weighted by molar-refractivity contribution is 5.55. The molecular formula is C15H15N5O. The fourth-order valence-electron chi connectivity index (χ4n) is 2.29. The number of imidazole rings is 1. The number of hydrogen-bond acceptors (Lipinski definition) is 4. The van der Waals surface area contributed by atoms with Gasteiger partial charge < -0.3 is 9.13 Å². The first-order valence-electron chi connectivity index (χ1n) is 6.60. The van der Waals surface area contributed by atoms with E-state index in [1.54, 1.807) is 30.2 Å². The van der Waals surface area contributed by atoms with Gasteiger partial charge in [-0.15, -0.1) is 0 Å². The number of rotatable bonds is 3. The fraction of sp³-hybridized carbons (Fsp3) is 0.200. The largest absolute Gasteiger partial charge is 0.325 e. The molecule has 0 N–H and O–H groups in total. The minimum atomic E-state index is 0.00535. The van der Waals surface area contributed by atoms with Gasteiger partial charge in [-0.05, 0) is 25.1 Å². The molecule has 0 bridgehead atoms. The van der Waals surface area contributed by atoms with E-state index in [1.807, 2.05) is 35.9 Å². The predicted octanol–water partition coefficient (Wildman–Crippen LogP) is 1.40. The molecule has 106 valence electrons. The summed E-state index contributed by atoms with van der Waals surface area (Å²) in [6, 6.07) is 5.63. The molecule has 3 rings (SSSR count). The second kappa shape index (κ2) is 5.32. The topological polar surface area (TPSA) is 65.6 Å². The third-order valence-corrected chi connectivity index (χ3v) is 3.30. The summed E-state index contributed by atoms with van der Waals surface area (Å²) in [4.78, 5) is 16.2. The van der Waals surface area contributed by atoms with Crippen molar-refractivity contribution in [3.8, 4) is 11.4 Å². The van der Waals surface area contributed by atoms with E-state index in [0.29, 0.717) is 12.1 Å². The second-order valence-electron chi connectivity index (χ2n) is 4.92. The SMILES string of the molecule is Cc1cc(-c2nccn2Cc2cccnn2)cn(C)c1=O. The molecule has 3 aromatic heterocycles. The first-order valence-corrected chi connectivity index (χ1v) is 6.60. The fourth-order valence-corrected chi connectivity index (χ4v) is 2.29. The van der Waals surface area contributed by atoms with Crippen LogP contribution in [0.25, 0.3) is 11.4 Å². The van der Waals surface area contributed by atoms with E-state index in [0.717, 1.165) is 17.1 Å². The van der Waals surface area contributed by atoms with Gasteiger partial charge in [0.05, 0.1) is 12.2 Å². The van der Waals surface area contributed by atoms with E-state index in [1.165, 1.54) is 0 Å². The van der Waals surface area contributed by atoms with Crippen LogP contribution in [0.2, 0.25) is 0 Å². The average Bonchev–Trinajstić information content (AvgIpc) is 2.93. The molecular weight excluding hydrogens is 266 g/mol. The second-order valence-corrected chi connectivity index (χ2v) is 4.92. The molecule has 0 saturated carbocycles. The number of nitrogens with zero attached hydrogens (tertiary/aromatic N) is 5. The van der Waals surface area contributed by atoms with Crippen LogP contribution in [0.3, 0.4) is 0 Å². The highest BCUT2D eigenvalue weighted by Gasteiger charge is 2.09. The standard InChI is InChI=1S/C15H15N5O/c1-11-8-12(9-19(2)15(11)21)14-16-6-7-20(14)10-13-4-3-5-17-18-13/h3-9H,10H2,1-2H3. The maximum atomic E-state index is 11.8. The highest BCUT2D eigenvalue weighted by atomic mass is 16.1. The van der Waals surface area contributed by atoms with Crippen LogP contribution < -0.4 is 5.56 Å². The summed E-state index contributed by atoms with van der Waals surface area (Å²) in [5.41, 5.74) is 2.47. The van der Waals surface area contributed by atoms with E-state index in [4.69, 9.17) is 0 Å². The van der Waals surface area contributed by atoms with E-state index in [2.05, 4.69) is 15.2 Å². The first kappa shape index (κ1) is 13.2. The number of pyridine rings is 1. The molecule has 0 unspecified atom stereocenters. The summed E-state index contributed by atoms with van der Waals surface area (Å²) in [5.74, 6) is 0.805. The van der Waals surface area contributed by atoms with Crippen molar-refractivity contribution >= 4 is 0 Å². The molecule has 0 aliphatic carbocycles. The quantitative estimate of drug-likeness (QED) is 0.728. The Morgan fingerprint density at radius 3 is 2.86 bits per heavy atom. The van der Waals surface area contributed by atoms with Crippen molar-refractivity contribution in [2.75, 3.05) is 0 Å². The van der Waals surface area contributed by atoms with Crippen molar-refractivity contribution in [2.24, 2.45) is 7.05 Å².